The van der Waals surface area contributed by atoms with Crippen molar-refractivity contribution < 1.29 is 0 Å². The number of nitrogens with zero attached hydrogens (tertiary/aromatic N) is 2. The van der Waals surface area contributed by atoms with Gasteiger partial charge >= 0.3 is 0 Å². The molecule has 0 atom stereocenters. The van der Waals surface area contributed by atoms with E-state index in [4.69, 9.17) is 0 Å². The predicted molar refractivity (Wildman–Crippen MR) is 70.2 cm³/mol. The SMILES string of the molecule is Cc1ncc(CNCCCc2cn[nH]c2C)s1. The van der Waals surface area contributed by atoms with E-state index in [1.807, 2.05) is 19.3 Å². The molecule has 2 heterocycles. The fraction of sp³-hybridized carbons (Fsp3) is 0.500. The highest BCUT2D eigenvalue weighted by atomic mass is 32.1. The molecule has 2 N–H and O–H groups in total. The van der Waals surface area contributed by atoms with Gasteiger partial charge < -0.3 is 5.32 Å². The molecule has 0 saturated carbocycles. The smallest absolute Gasteiger partial charge is 0.0897 e. The van der Waals surface area contributed by atoms with Gasteiger partial charge in [0, 0.05) is 23.3 Å². The van der Waals surface area contributed by atoms with Crippen LogP contribution in [0.4, 0.5) is 0 Å². The number of nitrogens with one attached hydrogen (secondary N) is 2. The molecular weight excluding hydrogens is 232 g/mol. The molecule has 2 aromatic heterocycles. The molecule has 2 aromatic rings. The Kier molecular flexibility index (Phi) is 4.28. The lowest BCUT2D eigenvalue weighted by Crippen LogP contribution is -2.14. The molecule has 5 heteroatoms. The Balaban J connectivity index is 1.62. The second kappa shape index (κ2) is 5.93. The Bertz CT molecular complexity index is 461. The van der Waals surface area contributed by atoms with E-state index in [-0.39, 0.29) is 0 Å². The average Bonchev–Trinajstić information content (AvgIpc) is 2.88. The number of rotatable bonds is 6. The lowest BCUT2D eigenvalue weighted by molar-refractivity contribution is 0.653. The third-order valence-corrected chi connectivity index (χ3v) is 3.62. The third kappa shape index (κ3) is 3.64. The van der Waals surface area contributed by atoms with Gasteiger partial charge in [-0.2, -0.15) is 5.10 Å². The van der Waals surface area contributed by atoms with Crippen molar-refractivity contribution in [2.45, 2.75) is 33.2 Å². The van der Waals surface area contributed by atoms with E-state index in [0.717, 1.165) is 30.9 Å². The summed E-state index contributed by atoms with van der Waals surface area (Å²) in [7, 11) is 0. The Hall–Kier alpha value is -1.20. The van der Waals surface area contributed by atoms with E-state index in [2.05, 4.69) is 27.4 Å². The van der Waals surface area contributed by atoms with Crippen LogP contribution < -0.4 is 5.32 Å². The van der Waals surface area contributed by atoms with Crippen molar-refractivity contribution in [1.82, 2.24) is 20.5 Å². The van der Waals surface area contributed by atoms with Crippen molar-refractivity contribution in [3.63, 3.8) is 0 Å². The number of thiazole rings is 1. The van der Waals surface area contributed by atoms with Gasteiger partial charge in [0.15, 0.2) is 0 Å². The maximum absolute atomic E-state index is 4.23. The number of hydrogen-bond donors (Lipinski definition) is 2. The second-order valence-electron chi connectivity index (χ2n) is 4.15. The van der Waals surface area contributed by atoms with Gasteiger partial charge in [0.2, 0.25) is 0 Å². The van der Waals surface area contributed by atoms with Crippen LogP contribution in [0.3, 0.4) is 0 Å². The Morgan fingerprint density at radius 2 is 2.24 bits per heavy atom. The predicted octanol–water partition coefficient (Wildman–Crippen LogP) is 2.21. The number of aromatic amines is 1. The van der Waals surface area contributed by atoms with Gasteiger partial charge in [-0.3, -0.25) is 5.10 Å². The first-order valence-electron chi connectivity index (χ1n) is 5.86. The van der Waals surface area contributed by atoms with Crippen LogP contribution in [0.15, 0.2) is 12.4 Å². The van der Waals surface area contributed by atoms with Crippen molar-refractivity contribution in [1.29, 1.82) is 0 Å². The van der Waals surface area contributed by atoms with Crippen molar-refractivity contribution >= 4 is 11.3 Å². The Morgan fingerprint density at radius 1 is 1.35 bits per heavy atom. The molecule has 0 radical (unpaired) electrons. The Labute approximate surface area is 105 Å². The van der Waals surface area contributed by atoms with Crippen molar-refractivity contribution in [3.8, 4) is 0 Å². The maximum Gasteiger partial charge on any atom is 0.0897 e. The lowest BCUT2D eigenvalue weighted by atomic mass is 10.1. The zero-order valence-electron chi connectivity index (χ0n) is 10.3. The average molecular weight is 250 g/mol. The number of hydrogen-bond acceptors (Lipinski definition) is 4. The molecular formula is C12H18N4S. The van der Waals surface area contributed by atoms with Gasteiger partial charge in [0.25, 0.3) is 0 Å². The maximum atomic E-state index is 4.23. The topological polar surface area (TPSA) is 53.6 Å². The zero-order valence-corrected chi connectivity index (χ0v) is 11.1. The minimum absolute atomic E-state index is 0.926. The van der Waals surface area contributed by atoms with Crippen LogP contribution in [-0.4, -0.2) is 21.7 Å². The van der Waals surface area contributed by atoms with Gasteiger partial charge in [-0.05, 0) is 38.8 Å². The monoisotopic (exact) mass is 250 g/mol. The number of H-pyrrole nitrogens is 1. The first-order valence-corrected chi connectivity index (χ1v) is 6.68. The molecule has 0 aromatic carbocycles. The molecule has 2 rings (SSSR count). The fourth-order valence-corrected chi connectivity index (χ4v) is 2.49. The molecule has 92 valence electrons. The summed E-state index contributed by atoms with van der Waals surface area (Å²) in [4.78, 5) is 5.54. The van der Waals surface area contributed by atoms with Gasteiger partial charge in [-0.1, -0.05) is 0 Å². The highest BCUT2D eigenvalue weighted by Crippen LogP contribution is 2.10. The first kappa shape index (κ1) is 12.3. The standard InChI is InChI=1S/C12H18N4S/c1-9-11(6-15-16-9)4-3-5-13-7-12-8-14-10(2)17-12/h6,8,13H,3-5,7H2,1-2H3,(H,15,16). The van der Waals surface area contributed by atoms with Crippen molar-refractivity contribution in [2.24, 2.45) is 0 Å². The molecule has 0 unspecified atom stereocenters. The molecule has 0 spiro atoms. The summed E-state index contributed by atoms with van der Waals surface area (Å²) in [5.74, 6) is 0. The summed E-state index contributed by atoms with van der Waals surface area (Å²) in [6.07, 6.45) is 6.09. The van der Waals surface area contributed by atoms with Crippen LogP contribution in [0.5, 0.6) is 0 Å². The number of aromatic nitrogens is 3. The van der Waals surface area contributed by atoms with E-state index >= 15 is 0 Å². The quantitative estimate of drug-likeness (QED) is 0.773. The first-order chi connectivity index (χ1) is 8.25. The van der Waals surface area contributed by atoms with E-state index in [0.29, 0.717) is 0 Å². The van der Waals surface area contributed by atoms with Crippen molar-refractivity contribution in [2.75, 3.05) is 6.54 Å². The summed E-state index contributed by atoms with van der Waals surface area (Å²) in [5.41, 5.74) is 2.50. The van der Waals surface area contributed by atoms with Crippen LogP contribution in [0.25, 0.3) is 0 Å². The minimum atomic E-state index is 0.926. The molecule has 0 bridgehead atoms. The van der Waals surface area contributed by atoms with Crippen LogP contribution in [-0.2, 0) is 13.0 Å². The molecule has 0 amide bonds. The van der Waals surface area contributed by atoms with Crippen LogP contribution in [0, 0.1) is 13.8 Å². The minimum Gasteiger partial charge on any atom is -0.312 e. The molecule has 4 nitrogen and oxygen atoms in total. The third-order valence-electron chi connectivity index (χ3n) is 2.70. The lowest BCUT2D eigenvalue weighted by Gasteiger charge is -2.02. The van der Waals surface area contributed by atoms with Gasteiger partial charge in [0.05, 0.1) is 11.2 Å². The Morgan fingerprint density at radius 3 is 2.88 bits per heavy atom. The van der Waals surface area contributed by atoms with Gasteiger partial charge in [-0.25, -0.2) is 4.98 Å². The van der Waals surface area contributed by atoms with Crippen LogP contribution in [0.1, 0.15) is 27.6 Å². The number of aryl methyl sites for hydroxylation is 3. The summed E-state index contributed by atoms with van der Waals surface area (Å²) >= 11 is 1.76. The molecule has 0 fully saturated rings. The normalized spacial score (nSPS) is 10.9. The van der Waals surface area contributed by atoms with Gasteiger partial charge in [0.1, 0.15) is 0 Å². The highest BCUT2D eigenvalue weighted by Gasteiger charge is 2.00. The van der Waals surface area contributed by atoms with Crippen LogP contribution in [0.2, 0.25) is 0 Å². The molecule has 0 saturated heterocycles. The van der Waals surface area contributed by atoms with Crippen molar-refractivity contribution in [3.05, 3.63) is 33.5 Å². The summed E-state index contributed by atoms with van der Waals surface area (Å²) in [6, 6.07) is 0. The summed E-state index contributed by atoms with van der Waals surface area (Å²) in [5, 5.41) is 11.6. The fourth-order valence-electron chi connectivity index (χ4n) is 1.73. The van der Waals surface area contributed by atoms with Crippen LogP contribution >= 0.6 is 11.3 Å². The summed E-state index contributed by atoms with van der Waals surface area (Å²) < 4.78 is 0. The summed E-state index contributed by atoms with van der Waals surface area (Å²) in [6.45, 7) is 6.06. The van der Waals surface area contributed by atoms with E-state index in [1.165, 1.54) is 16.1 Å². The van der Waals surface area contributed by atoms with Gasteiger partial charge in [-0.15, -0.1) is 11.3 Å². The second-order valence-corrected chi connectivity index (χ2v) is 5.47. The highest BCUT2D eigenvalue weighted by molar-refractivity contribution is 7.11. The van der Waals surface area contributed by atoms with E-state index in [1.54, 1.807) is 11.3 Å². The van der Waals surface area contributed by atoms with E-state index in [9.17, 15) is 0 Å². The van der Waals surface area contributed by atoms with E-state index < -0.39 is 0 Å². The molecule has 17 heavy (non-hydrogen) atoms. The molecule has 0 aliphatic carbocycles. The zero-order chi connectivity index (χ0) is 12.1. The molecule has 0 aliphatic heterocycles. The largest absolute Gasteiger partial charge is 0.312 e. The molecule has 0 aliphatic rings.